The number of benzene rings is 2. The van der Waals surface area contributed by atoms with Crippen molar-refractivity contribution in [1.29, 1.82) is 0 Å². The first-order valence-electron chi connectivity index (χ1n) is 14.3. The molecule has 228 valence electrons. The molecule has 0 radical (unpaired) electrons. The maximum absolute atomic E-state index is 13.5. The molecule has 42 heavy (non-hydrogen) atoms. The number of amides is 3. The molecule has 1 aliphatic carbocycles. The van der Waals surface area contributed by atoms with Gasteiger partial charge in [0.1, 0.15) is 12.4 Å². The normalized spacial score (nSPS) is 16.1. The van der Waals surface area contributed by atoms with Gasteiger partial charge in [-0.05, 0) is 65.8 Å². The van der Waals surface area contributed by atoms with Crippen molar-refractivity contribution in [2.75, 3.05) is 65.3 Å². The summed E-state index contributed by atoms with van der Waals surface area (Å²) >= 11 is 0. The van der Waals surface area contributed by atoms with Crippen molar-refractivity contribution < 1.29 is 37.7 Å². The third kappa shape index (κ3) is 10.1. The van der Waals surface area contributed by atoms with Crippen LogP contribution >= 0.6 is 0 Å². The van der Waals surface area contributed by atoms with Crippen LogP contribution in [0.4, 0.5) is 19.7 Å². The fourth-order valence-corrected chi connectivity index (χ4v) is 4.79. The van der Waals surface area contributed by atoms with Gasteiger partial charge in [-0.2, -0.15) is 0 Å². The van der Waals surface area contributed by atoms with E-state index in [0.717, 1.165) is 29.5 Å². The molecule has 1 aliphatic heterocycles. The third-order valence-electron chi connectivity index (χ3n) is 7.05. The molecule has 2 aromatic rings. The minimum absolute atomic E-state index is 0.0123. The first kappa shape index (κ1) is 31.4. The van der Waals surface area contributed by atoms with Crippen molar-refractivity contribution in [2.45, 2.75) is 38.4 Å². The number of hydrogen-bond donors (Lipinski definition) is 2. The van der Waals surface area contributed by atoms with Gasteiger partial charge in [0, 0.05) is 31.9 Å². The van der Waals surface area contributed by atoms with Crippen LogP contribution in [0, 0.1) is 5.82 Å². The summed E-state index contributed by atoms with van der Waals surface area (Å²) in [4.78, 5) is 26.5. The van der Waals surface area contributed by atoms with Crippen LogP contribution in [0.2, 0.25) is 0 Å². The van der Waals surface area contributed by atoms with Gasteiger partial charge < -0.3 is 39.2 Å². The number of hydrogen-bond acceptors (Lipinski definition) is 7. The smallest absolute Gasteiger partial charge is 0.407 e. The molecule has 10 nitrogen and oxygen atoms in total. The summed E-state index contributed by atoms with van der Waals surface area (Å²) in [5.74, 6) is -0.290. The highest BCUT2D eigenvalue weighted by Crippen LogP contribution is 2.29. The molecule has 2 aliphatic rings. The molecule has 3 amide bonds. The van der Waals surface area contributed by atoms with E-state index in [9.17, 15) is 14.0 Å². The third-order valence-corrected chi connectivity index (χ3v) is 7.05. The summed E-state index contributed by atoms with van der Waals surface area (Å²) in [5.41, 5.74) is 4.79. The Morgan fingerprint density at radius 3 is 2.21 bits per heavy atom. The molecule has 0 saturated heterocycles. The molecule has 2 aromatic carbocycles. The van der Waals surface area contributed by atoms with Crippen LogP contribution < -0.4 is 10.6 Å². The van der Waals surface area contributed by atoms with Gasteiger partial charge in [0.25, 0.3) is 0 Å². The van der Waals surface area contributed by atoms with E-state index in [1.807, 2.05) is 24.3 Å². The first-order valence-corrected chi connectivity index (χ1v) is 14.3. The minimum Gasteiger partial charge on any atom is -0.447 e. The average molecular weight is 586 g/mol. The number of rotatable bonds is 15. The van der Waals surface area contributed by atoms with Gasteiger partial charge in [-0.25, -0.2) is 14.0 Å². The highest BCUT2D eigenvalue weighted by molar-refractivity contribution is 5.90. The summed E-state index contributed by atoms with van der Waals surface area (Å²) in [6, 6.07) is 12.2. The van der Waals surface area contributed by atoms with E-state index in [1.165, 1.54) is 17.7 Å². The second-order valence-electron chi connectivity index (χ2n) is 10.1. The molecule has 2 N–H and O–H groups in total. The number of urea groups is 1. The van der Waals surface area contributed by atoms with Gasteiger partial charge in [-0.3, -0.25) is 0 Å². The van der Waals surface area contributed by atoms with Gasteiger partial charge in [0.05, 0.1) is 46.2 Å². The molecule has 4 rings (SSSR count). The molecular formula is C31H40FN3O7. The Bertz CT molecular complexity index is 1190. The SMILES string of the molecule is COCCOCCOCCOCCOC(=O)NC1CC=C(c2ccc(NC(=O)N3Cc4ccc(F)cc4C3)cc2)CC1. The fourth-order valence-electron chi connectivity index (χ4n) is 4.79. The lowest BCUT2D eigenvalue weighted by atomic mass is 9.91. The quantitative estimate of drug-likeness (QED) is 0.291. The molecule has 1 heterocycles. The van der Waals surface area contributed by atoms with Gasteiger partial charge >= 0.3 is 12.1 Å². The van der Waals surface area contributed by atoms with Gasteiger partial charge in [0.15, 0.2) is 0 Å². The van der Waals surface area contributed by atoms with E-state index >= 15 is 0 Å². The second-order valence-corrected chi connectivity index (χ2v) is 10.1. The number of carbonyl (C=O) groups excluding carboxylic acids is 2. The second kappa shape index (κ2) is 16.8. The standard InChI is InChI=1S/C31H40FN3O7/c1-38-12-13-39-14-15-40-16-17-41-18-19-42-31(37)34-29-10-5-24(6-11-29)23-3-8-28(9-4-23)33-30(36)35-21-25-2-7-27(32)20-26(25)22-35/h2-5,7-9,20,29H,6,10-19,21-22H2,1H3,(H,33,36)(H,34,37). The molecule has 0 fully saturated rings. The maximum atomic E-state index is 13.5. The Hall–Kier alpha value is -3.51. The van der Waals surface area contributed by atoms with Crippen molar-refractivity contribution in [3.63, 3.8) is 0 Å². The minimum atomic E-state index is -0.448. The molecule has 0 aromatic heterocycles. The number of alkyl carbamates (subject to hydrolysis) is 1. The van der Waals surface area contributed by atoms with E-state index in [4.69, 9.17) is 23.7 Å². The fraction of sp³-hybridized carbons (Fsp3) is 0.484. The molecule has 1 atom stereocenters. The van der Waals surface area contributed by atoms with Crippen LogP contribution in [0.3, 0.4) is 0 Å². The van der Waals surface area contributed by atoms with E-state index in [1.54, 1.807) is 18.1 Å². The molecule has 0 spiro atoms. The number of nitrogens with zero attached hydrogens (tertiary/aromatic N) is 1. The van der Waals surface area contributed by atoms with E-state index in [0.29, 0.717) is 71.4 Å². The van der Waals surface area contributed by atoms with Crippen molar-refractivity contribution >= 4 is 23.4 Å². The first-order chi connectivity index (χ1) is 20.5. The Morgan fingerprint density at radius 2 is 1.55 bits per heavy atom. The molecule has 1 unspecified atom stereocenters. The van der Waals surface area contributed by atoms with Gasteiger partial charge in [0.2, 0.25) is 0 Å². The average Bonchev–Trinajstić information content (AvgIpc) is 3.42. The zero-order valence-corrected chi connectivity index (χ0v) is 24.1. The number of anilines is 1. The Balaban J connectivity index is 1.07. The Morgan fingerprint density at radius 1 is 0.881 bits per heavy atom. The summed E-state index contributed by atoms with van der Waals surface area (Å²) in [7, 11) is 1.63. The lowest BCUT2D eigenvalue weighted by Crippen LogP contribution is -2.36. The van der Waals surface area contributed by atoms with Crippen LogP contribution in [0.1, 0.15) is 36.0 Å². The Labute approximate surface area is 246 Å². The lowest BCUT2D eigenvalue weighted by molar-refractivity contribution is -0.00239. The van der Waals surface area contributed by atoms with E-state index in [-0.39, 0.29) is 24.5 Å². The molecular weight excluding hydrogens is 545 g/mol. The number of methoxy groups -OCH3 is 1. The Kier molecular flexibility index (Phi) is 12.6. The number of halogens is 1. The van der Waals surface area contributed by atoms with Crippen molar-refractivity contribution in [3.8, 4) is 0 Å². The van der Waals surface area contributed by atoms with Crippen LogP contribution in [-0.2, 0) is 36.8 Å². The highest BCUT2D eigenvalue weighted by Gasteiger charge is 2.24. The maximum Gasteiger partial charge on any atom is 0.407 e. The number of carbonyl (C=O) groups is 2. The topological polar surface area (TPSA) is 108 Å². The van der Waals surface area contributed by atoms with E-state index in [2.05, 4.69) is 16.7 Å². The van der Waals surface area contributed by atoms with Gasteiger partial charge in [-0.1, -0.05) is 24.3 Å². The van der Waals surface area contributed by atoms with Crippen LogP contribution in [-0.4, -0.2) is 83.0 Å². The van der Waals surface area contributed by atoms with Crippen LogP contribution in [0.5, 0.6) is 0 Å². The highest BCUT2D eigenvalue weighted by atomic mass is 19.1. The van der Waals surface area contributed by atoms with Crippen molar-refractivity contribution in [1.82, 2.24) is 10.2 Å². The zero-order chi connectivity index (χ0) is 29.6. The number of fused-ring (bicyclic) bond motifs is 1. The van der Waals surface area contributed by atoms with E-state index < -0.39 is 6.09 Å². The summed E-state index contributed by atoms with van der Waals surface area (Å²) in [6.45, 7) is 4.32. The zero-order valence-electron chi connectivity index (χ0n) is 24.1. The summed E-state index contributed by atoms with van der Waals surface area (Å²) in [5, 5.41) is 5.84. The largest absolute Gasteiger partial charge is 0.447 e. The number of allylic oxidation sites excluding steroid dienone is 1. The summed E-state index contributed by atoms with van der Waals surface area (Å²) < 4.78 is 39.7. The monoisotopic (exact) mass is 585 g/mol. The number of ether oxygens (including phenoxy) is 5. The number of nitrogens with one attached hydrogen (secondary N) is 2. The lowest BCUT2D eigenvalue weighted by Gasteiger charge is -2.23. The molecule has 11 heteroatoms. The van der Waals surface area contributed by atoms with Crippen molar-refractivity contribution in [2.24, 2.45) is 0 Å². The summed E-state index contributed by atoms with van der Waals surface area (Å²) in [6.07, 6.45) is 4.02. The van der Waals surface area contributed by atoms with Crippen LogP contribution in [0.15, 0.2) is 48.5 Å². The molecule has 0 bridgehead atoms. The van der Waals surface area contributed by atoms with Gasteiger partial charge in [-0.15, -0.1) is 0 Å². The predicted octanol–water partition coefficient (Wildman–Crippen LogP) is 4.73. The molecule has 0 saturated carbocycles. The predicted molar refractivity (Wildman–Crippen MR) is 156 cm³/mol. The van der Waals surface area contributed by atoms with Crippen molar-refractivity contribution in [3.05, 3.63) is 71.0 Å². The van der Waals surface area contributed by atoms with Crippen LogP contribution in [0.25, 0.3) is 5.57 Å².